The van der Waals surface area contributed by atoms with Gasteiger partial charge in [-0.05, 0) is 24.1 Å². The summed E-state index contributed by atoms with van der Waals surface area (Å²) in [6.07, 6.45) is 0.193. The summed E-state index contributed by atoms with van der Waals surface area (Å²) in [5.41, 5.74) is 1.93. The molecule has 2 aromatic rings. The molecule has 0 aliphatic heterocycles. The minimum absolute atomic E-state index is 0.110. The first-order valence-electron chi connectivity index (χ1n) is 7.83. The Morgan fingerprint density at radius 1 is 1.00 bits per heavy atom. The summed E-state index contributed by atoms with van der Waals surface area (Å²) >= 11 is 3.50. The lowest BCUT2D eigenvalue weighted by Crippen LogP contribution is -2.33. The number of carbonyl (C=O) groups excluding carboxylic acids is 2. The van der Waals surface area contributed by atoms with Crippen molar-refractivity contribution >= 4 is 27.7 Å². The standard InChI is InChI=1S/C19H21BrN2O2/c1-13(16-10-6-7-11-17(16)20)21-19(24)12-18(22-14(2)23)15-8-4-3-5-9-15/h3-11,13,18H,12H2,1-2H3,(H,21,24)(H,22,23)/t13-,18+/m1/s1. The average Bonchev–Trinajstić information content (AvgIpc) is 2.55. The van der Waals surface area contributed by atoms with Gasteiger partial charge in [-0.25, -0.2) is 0 Å². The second kappa shape index (κ2) is 8.64. The van der Waals surface area contributed by atoms with Gasteiger partial charge in [-0.15, -0.1) is 0 Å². The molecule has 0 spiro atoms. The van der Waals surface area contributed by atoms with Gasteiger partial charge in [0.25, 0.3) is 0 Å². The predicted octanol–water partition coefficient (Wildman–Crippen LogP) is 3.89. The highest BCUT2D eigenvalue weighted by Gasteiger charge is 2.19. The van der Waals surface area contributed by atoms with Crippen LogP contribution in [0.4, 0.5) is 0 Å². The van der Waals surface area contributed by atoms with E-state index in [1.807, 2.05) is 61.5 Å². The smallest absolute Gasteiger partial charge is 0.222 e. The number of amides is 2. The Kier molecular flexibility index (Phi) is 6.55. The first kappa shape index (κ1) is 18.2. The first-order chi connectivity index (χ1) is 11.5. The van der Waals surface area contributed by atoms with Crippen molar-refractivity contribution in [2.75, 3.05) is 0 Å². The molecule has 0 aromatic heterocycles. The molecule has 0 saturated carbocycles. The quantitative estimate of drug-likeness (QED) is 0.788. The summed E-state index contributed by atoms with van der Waals surface area (Å²) in [6, 6.07) is 16.8. The lowest BCUT2D eigenvalue weighted by molar-refractivity contribution is -0.123. The van der Waals surface area contributed by atoms with Gasteiger partial charge in [0.1, 0.15) is 0 Å². The molecule has 0 fully saturated rings. The molecule has 0 aliphatic rings. The van der Waals surface area contributed by atoms with Gasteiger partial charge in [0.15, 0.2) is 0 Å². The van der Waals surface area contributed by atoms with E-state index in [1.165, 1.54) is 6.92 Å². The van der Waals surface area contributed by atoms with Crippen molar-refractivity contribution in [2.45, 2.75) is 32.4 Å². The number of benzene rings is 2. The minimum atomic E-state index is -0.338. The van der Waals surface area contributed by atoms with E-state index in [0.29, 0.717) is 0 Å². The Morgan fingerprint density at radius 3 is 2.25 bits per heavy atom. The van der Waals surface area contributed by atoms with Crippen LogP contribution in [0, 0.1) is 0 Å². The molecule has 0 radical (unpaired) electrons. The lowest BCUT2D eigenvalue weighted by atomic mass is 10.0. The van der Waals surface area contributed by atoms with Gasteiger partial charge >= 0.3 is 0 Å². The van der Waals surface area contributed by atoms with Crippen molar-refractivity contribution in [2.24, 2.45) is 0 Å². The SMILES string of the molecule is CC(=O)N[C@@H](CC(=O)N[C@H](C)c1ccccc1Br)c1ccccc1. The van der Waals surface area contributed by atoms with Crippen molar-refractivity contribution < 1.29 is 9.59 Å². The predicted molar refractivity (Wildman–Crippen MR) is 98.3 cm³/mol. The van der Waals surface area contributed by atoms with Crippen molar-refractivity contribution in [1.82, 2.24) is 10.6 Å². The highest BCUT2D eigenvalue weighted by molar-refractivity contribution is 9.10. The number of rotatable bonds is 6. The summed E-state index contributed by atoms with van der Waals surface area (Å²) in [5.74, 6) is -0.267. The number of carbonyl (C=O) groups is 2. The largest absolute Gasteiger partial charge is 0.349 e. The van der Waals surface area contributed by atoms with Crippen molar-refractivity contribution in [3.8, 4) is 0 Å². The summed E-state index contributed by atoms with van der Waals surface area (Å²) in [5, 5.41) is 5.83. The first-order valence-corrected chi connectivity index (χ1v) is 8.62. The molecule has 0 bridgehead atoms. The maximum atomic E-state index is 12.4. The summed E-state index contributed by atoms with van der Waals surface area (Å²) in [7, 11) is 0. The Balaban J connectivity index is 2.05. The van der Waals surface area contributed by atoms with Crippen LogP contribution in [0.3, 0.4) is 0 Å². The number of hydrogen-bond donors (Lipinski definition) is 2. The molecule has 2 atom stereocenters. The van der Waals surface area contributed by atoms with Gasteiger partial charge < -0.3 is 10.6 Å². The summed E-state index contributed by atoms with van der Waals surface area (Å²) < 4.78 is 0.958. The second-order valence-electron chi connectivity index (χ2n) is 5.68. The third-order valence-electron chi connectivity index (χ3n) is 3.72. The van der Waals surface area contributed by atoms with Crippen LogP contribution in [-0.4, -0.2) is 11.8 Å². The molecule has 5 heteroatoms. The fourth-order valence-electron chi connectivity index (χ4n) is 2.57. The van der Waals surface area contributed by atoms with Crippen molar-refractivity contribution in [1.29, 1.82) is 0 Å². The Morgan fingerprint density at radius 2 is 1.62 bits per heavy atom. The number of nitrogens with one attached hydrogen (secondary N) is 2. The van der Waals surface area contributed by atoms with Gasteiger partial charge in [0.2, 0.25) is 11.8 Å². The Hall–Kier alpha value is -2.14. The Labute approximate surface area is 150 Å². The van der Waals surface area contributed by atoms with Crippen LogP contribution in [0.1, 0.15) is 43.5 Å². The van der Waals surface area contributed by atoms with E-state index in [9.17, 15) is 9.59 Å². The van der Waals surface area contributed by atoms with Gasteiger partial charge in [0.05, 0.1) is 18.5 Å². The van der Waals surface area contributed by atoms with Crippen LogP contribution in [0.5, 0.6) is 0 Å². The van der Waals surface area contributed by atoms with Crippen LogP contribution < -0.4 is 10.6 Å². The van der Waals surface area contributed by atoms with Gasteiger partial charge in [0, 0.05) is 11.4 Å². The minimum Gasteiger partial charge on any atom is -0.349 e. The summed E-state index contributed by atoms with van der Waals surface area (Å²) in [6.45, 7) is 3.39. The normalized spacial score (nSPS) is 13.0. The molecule has 2 rings (SSSR count). The van der Waals surface area contributed by atoms with Gasteiger partial charge in [-0.1, -0.05) is 64.5 Å². The zero-order valence-electron chi connectivity index (χ0n) is 13.8. The number of halogens is 1. The maximum absolute atomic E-state index is 12.4. The zero-order valence-corrected chi connectivity index (χ0v) is 15.3. The topological polar surface area (TPSA) is 58.2 Å². The van der Waals surface area contributed by atoms with Crippen molar-refractivity contribution in [3.63, 3.8) is 0 Å². The molecule has 126 valence electrons. The molecule has 2 amide bonds. The fraction of sp³-hybridized carbons (Fsp3) is 0.263. The van der Waals surface area contributed by atoms with Crippen LogP contribution in [0.25, 0.3) is 0 Å². The molecule has 0 heterocycles. The van der Waals surface area contributed by atoms with E-state index < -0.39 is 0 Å². The summed E-state index contributed by atoms with van der Waals surface area (Å²) in [4.78, 5) is 23.9. The van der Waals surface area contributed by atoms with Crippen LogP contribution in [0.2, 0.25) is 0 Å². The van der Waals surface area contributed by atoms with E-state index in [0.717, 1.165) is 15.6 Å². The zero-order chi connectivity index (χ0) is 17.5. The van der Waals surface area contributed by atoms with Crippen LogP contribution in [-0.2, 0) is 9.59 Å². The van der Waals surface area contributed by atoms with E-state index >= 15 is 0 Å². The number of hydrogen-bond acceptors (Lipinski definition) is 2. The van der Waals surface area contributed by atoms with E-state index in [1.54, 1.807) is 0 Å². The van der Waals surface area contributed by atoms with Crippen LogP contribution >= 0.6 is 15.9 Å². The van der Waals surface area contributed by atoms with E-state index in [2.05, 4.69) is 26.6 Å². The monoisotopic (exact) mass is 388 g/mol. The van der Waals surface area contributed by atoms with Crippen molar-refractivity contribution in [3.05, 3.63) is 70.2 Å². The van der Waals surface area contributed by atoms with E-state index in [4.69, 9.17) is 0 Å². The molecular formula is C19H21BrN2O2. The molecule has 24 heavy (non-hydrogen) atoms. The molecule has 2 aromatic carbocycles. The molecule has 0 unspecified atom stereocenters. The molecule has 2 N–H and O–H groups in total. The van der Waals surface area contributed by atoms with E-state index in [-0.39, 0.29) is 30.3 Å². The van der Waals surface area contributed by atoms with Gasteiger partial charge in [-0.2, -0.15) is 0 Å². The lowest BCUT2D eigenvalue weighted by Gasteiger charge is -2.20. The third kappa shape index (κ3) is 5.20. The molecule has 0 saturated heterocycles. The Bertz CT molecular complexity index is 704. The molecular weight excluding hydrogens is 368 g/mol. The average molecular weight is 389 g/mol. The second-order valence-corrected chi connectivity index (χ2v) is 6.53. The highest BCUT2D eigenvalue weighted by Crippen LogP contribution is 2.23. The molecule has 4 nitrogen and oxygen atoms in total. The van der Waals surface area contributed by atoms with Gasteiger partial charge in [-0.3, -0.25) is 9.59 Å². The third-order valence-corrected chi connectivity index (χ3v) is 4.44. The van der Waals surface area contributed by atoms with Crippen LogP contribution in [0.15, 0.2) is 59.1 Å². The maximum Gasteiger partial charge on any atom is 0.222 e. The highest BCUT2D eigenvalue weighted by atomic mass is 79.9. The molecule has 0 aliphatic carbocycles. The fourth-order valence-corrected chi connectivity index (χ4v) is 3.20.